The molecule has 3 aromatic carbocycles. The number of carboxylic acids is 1. The summed E-state index contributed by atoms with van der Waals surface area (Å²) in [6, 6.07) is 24.5. The first-order chi connectivity index (χ1) is 16.8. The molecule has 0 radical (unpaired) electrons. The predicted octanol–water partition coefficient (Wildman–Crippen LogP) is 6.35. The van der Waals surface area contributed by atoms with Gasteiger partial charge in [-0.05, 0) is 47.1 Å². The van der Waals surface area contributed by atoms with Gasteiger partial charge in [-0.1, -0.05) is 98.2 Å². The molecular weight excluding hydrogens is 460 g/mol. The van der Waals surface area contributed by atoms with Crippen molar-refractivity contribution in [3.63, 3.8) is 0 Å². The molecule has 6 heteroatoms. The summed E-state index contributed by atoms with van der Waals surface area (Å²) in [6.07, 6.45) is 1.65. The minimum absolute atomic E-state index is 0.127. The van der Waals surface area contributed by atoms with Gasteiger partial charge in [0.2, 0.25) is 0 Å². The Hall–Kier alpha value is -3.57. The number of aromatic carboxylic acids is 1. The maximum atomic E-state index is 13.4. The Morgan fingerprint density at radius 3 is 2.11 bits per heavy atom. The van der Waals surface area contributed by atoms with E-state index in [1.54, 1.807) is 27.3 Å². The Morgan fingerprint density at radius 2 is 1.46 bits per heavy atom. The zero-order valence-electron chi connectivity index (χ0n) is 19.9. The van der Waals surface area contributed by atoms with Crippen LogP contribution >= 0.6 is 11.6 Å². The summed E-state index contributed by atoms with van der Waals surface area (Å²) in [5.41, 5.74) is 4.43. The summed E-state index contributed by atoms with van der Waals surface area (Å²) in [5, 5.41) is 10.0. The van der Waals surface area contributed by atoms with Crippen molar-refractivity contribution in [1.29, 1.82) is 0 Å². The fraction of sp³-hybridized carbons (Fsp3) is 0.241. The van der Waals surface area contributed by atoms with Crippen molar-refractivity contribution in [3.05, 3.63) is 117 Å². The minimum atomic E-state index is -0.958. The average Bonchev–Trinajstić information content (AvgIpc) is 3.07. The maximum Gasteiger partial charge on any atom is 0.336 e. The largest absolute Gasteiger partial charge is 0.478 e. The van der Waals surface area contributed by atoms with Gasteiger partial charge in [0.25, 0.3) is 0 Å². The summed E-state index contributed by atoms with van der Waals surface area (Å²) in [7, 11) is 0. The van der Waals surface area contributed by atoms with Gasteiger partial charge in [0.15, 0.2) is 0 Å². The van der Waals surface area contributed by atoms with Gasteiger partial charge in [0.05, 0.1) is 24.3 Å². The summed E-state index contributed by atoms with van der Waals surface area (Å²) in [6.45, 7) is 5.13. The van der Waals surface area contributed by atoms with E-state index < -0.39 is 5.97 Å². The van der Waals surface area contributed by atoms with E-state index >= 15 is 0 Å². The number of carboxylic acid groups (broad SMARTS) is 1. The Bertz CT molecular complexity index is 1370. The molecule has 0 atom stereocenters. The highest BCUT2D eigenvalue weighted by atomic mass is 35.5. The Labute approximate surface area is 210 Å². The summed E-state index contributed by atoms with van der Waals surface area (Å²) in [5.74, 6) is -0.471. The zero-order chi connectivity index (χ0) is 24.9. The molecule has 1 N–H and O–H groups in total. The molecule has 0 unspecified atom stereocenters. The number of carbonyl (C=O) groups is 1. The lowest BCUT2D eigenvalue weighted by molar-refractivity contribution is 0.0697. The summed E-state index contributed by atoms with van der Waals surface area (Å²) < 4.78 is 3.41. The molecule has 4 rings (SSSR count). The second-order valence-electron chi connectivity index (χ2n) is 9.16. The van der Waals surface area contributed by atoms with Crippen LogP contribution < -0.4 is 5.69 Å². The van der Waals surface area contributed by atoms with Crippen LogP contribution in [0.1, 0.15) is 47.4 Å². The van der Waals surface area contributed by atoms with Gasteiger partial charge in [-0.3, -0.25) is 9.13 Å². The Kier molecular flexibility index (Phi) is 7.57. The van der Waals surface area contributed by atoms with Gasteiger partial charge in [-0.15, -0.1) is 0 Å². The molecule has 4 aromatic rings. The van der Waals surface area contributed by atoms with Crippen LogP contribution in [0.15, 0.2) is 83.7 Å². The predicted molar refractivity (Wildman–Crippen MR) is 140 cm³/mol. The summed E-state index contributed by atoms with van der Waals surface area (Å²) >= 11 is 6.77. The normalized spacial score (nSPS) is 11.2. The van der Waals surface area contributed by atoms with Crippen molar-refractivity contribution in [3.8, 4) is 11.1 Å². The van der Waals surface area contributed by atoms with Crippen molar-refractivity contribution in [2.24, 2.45) is 5.92 Å². The number of hydrogen-bond donors (Lipinski definition) is 1. The molecule has 35 heavy (non-hydrogen) atoms. The highest BCUT2D eigenvalue weighted by molar-refractivity contribution is 6.30. The van der Waals surface area contributed by atoms with Crippen LogP contribution in [0, 0.1) is 5.92 Å². The van der Waals surface area contributed by atoms with Gasteiger partial charge in [0.1, 0.15) is 5.15 Å². The van der Waals surface area contributed by atoms with Gasteiger partial charge in [0, 0.05) is 0 Å². The SMILES string of the molecule is CC(C)CCc1c(Cl)n(Cc2ccccc2)c(=O)n1Cc1ccc(-c2ccccc2C(=O)O)cc1. The lowest BCUT2D eigenvalue weighted by atomic mass is 9.98. The van der Waals surface area contributed by atoms with Crippen LogP contribution in [-0.4, -0.2) is 20.2 Å². The molecule has 0 fully saturated rings. The molecule has 180 valence electrons. The highest BCUT2D eigenvalue weighted by Gasteiger charge is 2.19. The molecule has 0 aliphatic rings. The smallest absolute Gasteiger partial charge is 0.336 e. The standard InChI is InChI=1S/C29H29ClN2O3/c1-20(2)12-17-26-27(30)32(19-21-8-4-3-5-9-21)29(35)31(26)18-22-13-15-23(16-14-22)24-10-6-7-11-25(24)28(33)34/h3-11,13-16,20H,12,17-19H2,1-2H3,(H,33,34). The highest BCUT2D eigenvalue weighted by Crippen LogP contribution is 2.25. The minimum Gasteiger partial charge on any atom is -0.478 e. The number of rotatable bonds is 9. The lowest BCUT2D eigenvalue weighted by Crippen LogP contribution is -2.26. The second-order valence-corrected chi connectivity index (χ2v) is 9.52. The van der Waals surface area contributed by atoms with Crippen LogP contribution in [0.25, 0.3) is 11.1 Å². The van der Waals surface area contributed by atoms with E-state index in [9.17, 15) is 14.7 Å². The molecule has 0 aliphatic heterocycles. The van der Waals surface area contributed by atoms with E-state index in [1.807, 2.05) is 60.7 Å². The number of benzene rings is 3. The number of halogens is 1. The van der Waals surface area contributed by atoms with E-state index in [0.717, 1.165) is 35.2 Å². The topological polar surface area (TPSA) is 64.2 Å². The van der Waals surface area contributed by atoms with Crippen LogP contribution in [0.4, 0.5) is 0 Å². The van der Waals surface area contributed by atoms with Gasteiger partial charge >= 0.3 is 11.7 Å². The van der Waals surface area contributed by atoms with E-state index in [1.165, 1.54) is 0 Å². The van der Waals surface area contributed by atoms with Crippen LogP contribution in [0.5, 0.6) is 0 Å². The third-order valence-electron chi connectivity index (χ3n) is 6.17. The van der Waals surface area contributed by atoms with Crippen molar-refractivity contribution in [2.75, 3.05) is 0 Å². The maximum absolute atomic E-state index is 13.4. The molecule has 0 bridgehead atoms. The third-order valence-corrected chi connectivity index (χ3v) is 6.59. The number of nitrogens with zero attached hydrogens (tertiary/aromatic N) is 2. The molecule has 0 aliphatic carbocycles. The van der Waals surface area contributed by atoms with Crippen molar-refractivity contribution < 1.29 is 9.90 Å². The molecule has 0 saturated carbocycles. The summed E-state index contributed by atoms with van der Waals surface area (Å²) in [4.78, 5) is 25.0. The van der Waals surface area contributed by atoms with Gasteiger partial charge < -0.3 is 5.11 Å². The Morgan fingerprint density at radius 1 is 0.857 bits per heavy atom. The molecule has 0 saturated heterocycles. The number of aromatic nitrogens is 2. The number of hydrogen-bond acceptors (Lipinski definition) is 2. The van der Waals surface area contributed by atoms with Crippen molar-refractivity contribution in [1.82, 2.24) is 9.13 Å². The monoisotopic (exact) mass is 488 g/mol. The molecule has 5 nitrogen and oxygen atoms in total. The van der Waals surface area contributed by atoms with Crippen LogP contribution in [0.3, 0.4) is 0 Å². The zero-order valence-corrected chi connectivity index (χ0v) is 20.7. The van der Waals surface area contributed by atoms with Gasteiger partial charge in [-0.2, -0.15) is 0 Å². The van der Waals surface area contributed by atoms with E-state index in [0.29, 0.717) is 29.7 Å². The first-order valence-electron chi connectivity index (χ1n) is 11.8. The van der Waals surface area contributed by atoms with Crippen LogP contribution in [0.2, 0.25) is 5.15 Å². The van der Waals surface area contributed by atoms with Crippen molar-refractivity contribution in [2.45, 2.75) is 39.8 Å². The first-order valence-corrected chi connectivity index (χ1v) is 12.2. The third kappa shape index (κ3) is 5.57. The van der Waals surface area contributed by atoms with E-state index in [2.05, 4.69) is 13.8 Å². The fourth-order valence-corrected chi connectivity index (χ4v) is 4.56. The molecular formula is C29H29ClN2O3. The second kappa shape index (κ2) is 10.8. The van der Waals surface area contributed by atoms with Crippen LogP contribution in [-0.2, 0) is 19.5 Å². The average molecular weight is 489 g/mol. The molecule has 1 aromatic heterocycles. The van der Waals surface area contributed by atoms with E-state index in [-0.39, 0.29) is 11.3 Å². The molecule has 0 amide bonds. The van der Waals surface area contributed by atoms with Crippen molar-refractivity contribution >= 4 is 17.6 Å². The molecule has 0 spiro atoms. The molecule has 1 heterocycles. The first kappa shape index (κ1) is 24.6. The lowest BCUT2D eigenvalue weighted by Gasteiger charge is -2.11. The number of imidazole rings is 1. The van der Waals surface area contributed by atoms with Gasteiger partial charge in [-0.25, -0.2) is 9.59 Å². The quantitative estimate of drug-likeness (QED) is 0.298. The van der Waals surface area contributed by atoms with E-state index in [4.69, 9.17) is 11.6 Å². The fourth-order valence-electron chi connectivity index (χ4n) is 4.24. The Balaban J connectivity index is 1.67.